The fraction of sp³-hybridized carbons (Fsp3) is 0.263. The minimum absolute atomic E-state index is 0.0265. The molecule has 2 rings (SSSR count). The minimum atomic E-state index is -0.969. The Morgan fingerprint density at radius 3 is 2.56 bits per heavy atom. The maximum absolute atomic E-state index is 10.9. The minimum Gasteiger partial charge on any atom is -0.493 e. The Morgan fingerprint density at radius 2 is 2.00 bits per heavy atom. The van der Waals surface area contributed by atoms with Crippen LogP contribution in [0.4, 0.5) is 5.69 Å². The monoisotopic (exact) mass is 361 g/mol. The van der Waals surface area contributed by atoms with Gasteiger partial charge in [-0.05, 0) is 55.3 Å². The highest BCUT2D eigenvalue weighted by atomic mass is 35.5. The van der Waals surface area contributed by atoms with Gasteiger partial charge in [0.1, 0.15) is 0 Å². The van der Waals surface area contributed by atoms with Crippen LogP contribution in [0.2, 0.25) is 5.02 Å². The van der Waals surface area contributed by atoms with Crippen molar-refractivity contribution in [3.05, 3.63) is 52.5 Å². The highest BCUT2D eigenvalue weighted by Gasteiger charge is 2.14. The Hall–Kier alpha value is -2.53. The SMILES string of the molecule is CC[C@@H](C)Oc1c(Cl)cc(C=Nc2ccc(C(=O)O)cc2)cc1OC. The van der Waals surface area contributed by atoms with Gasteiger partial charge < -0.3 is 14.6 Å². The van der Waals surface area contributed by atoms with Crippen LogP contribution in [-0.4, -0.2) is 30.5 Å². The molecule has 0 radical (unpaired) electrons. The number of carboxylic acid groups (broad SMARTS) is 1. The lowest BCUT2D eigenvalue weighted by Gasteiger charge is -2.17. The highest BCUT2D eigenvalue weighted by molar-refractivity contribution is 6.32. The fourth-order valence-corrected chi connectivity index (χ4v) is 2.32. The molecule has 132 valence electrons. The van der Waals surface area contributed by atoms with E-state index in [1.165, 1.54) is 12.1 Å². The molecule has 0 saturated heterocycles. The summed E-state index contributed by atoms with van der Waals surface area (Å²) in [6.07, 6.45) is 2.52. The largest absolute Gasteiger partial charge is 0.493 e. The van der Waals surface area contributed by atoms with Crippen molar-refractivity contribution in [1.29, 1.82) is 0 Å². The molecular weight excluding hydrogens is 342 g/mol. The van der Waals surface area contributed by atoms with Gasteiger partial charge in [0.25, 0.3) is 0 Å². The Morgan fingerprint density at radius 1 is 1.32 bits per heavy atom. The van der Waals surface area contributed by atoms with Crippen molar-refractivity contribution < 1.29 is 19.4 Å². The van der Waals surface area contributed by atoms with Crippen molar-refractivity contribution >= 4 is 29.5 Å². The summed E-state index contributed by atoms with van der Waals surface area (Å²) in [5.41, 5.74) is 1.61. The zero-order valence-electron chi connectivity index (χ0n) is 14.3. The third-order valence-electron chi connectivity index (χ3n) is 3.62. The molecule has 25 heavy (non-hydrogen) atoms. The molecule has 2 aromatic rings. The van der Waals surface area contributed by atoms with E-state index in [4.69, 9.17) is 26.2 Å². The summed E-state index contributed by atoms with van der Waals surface area (Å²) in [6.45, 7) is 3.99. The van der Waals surface area contributed by atoms with Gasteiger partial charge in [-0.25, -0.2) is 4.79 Å². The van der Waals surface area contributed by atoms with Crippen LogP contribution in [0.25, 0.3) is 0 Å². The van der Waals surface area contributed by atoms with Gasteiger partial charge in [0.05, 0.1) is 29.5 Å². The van der Waals surface area contributed by atoms with Crippen LogP contribution < -0.4 is 9.47 Å². The van der Waals surface area contributed by atoms with E-state index >= 15 is 0 Å². The van der Waals surface area contributed by atoms with Crippen molar-refractivity contribution in [3.63, 3.8) is 0 Å². The molecule has 0 saturated carbocycles. The predicted molar refractivity (Wildman–Crippen MR) is 99.0 cm³/mol. The number of methoxy groups -OCH3 is 1. The van der Waals surface area contributed by atoms with Crippen LogP contribution >= 0.6 is 11.6 Å². The number of carbonyl (C=O) groups is 1. The summed E-state index contributed by atoms with van der Waals surface area (Å²) < 4.78 is 11.2. The number of carboxylic acids is 1. The summed E-state index contributed by atoms with van der Waals surface area (Å²) in [7, 11) is 1.56. The molecule has 0 aliphatic heterocycles. The Bertz CT molecular complexity index is 772. The Kier molecular flexibility index (Phi) is 6.42. The van der Waals surface area contributed by atoms with E-state index in [2.05, 4.69) is 4.99 Å². The van der Waals surface area contributed by atoms with Crippen LogP contribution in [0.1, 0.15) is 36.2 Å². The number of hydrogen-bond donors (Lipinski definition) is 1. The van der Waals surface area contributed by atoms with Crippen molar-refractivity contribution in [3.8, 4) is 11.5 Å². The van der Waals surface area contributed by atoms with Crippen LogP contribution in [0.15, 0.2) is 41.4 Å². The number of rotatable bonds is 7. The van der Waals surface area contributed by atoms with Gasteiger partial charge in [-0.2, -0.15) is 0 Å². The van der Waals surface area contributed by atoms with Crippen molar-refractivity contribution in [1.82, 2.24) is 0 Å². The first-order chi connectivity index (χ1) is 11.9. The molecule has 0 fully saturated rings. The average molecular weight is 362 g/mol. The third-order valence-corrected chi connectivity index (χ3v) is 3.90. The van der Waals surface area contributed by atoms with Gasteiger partial charge in [-0.15, -0.1) is 0 Å². The van der Waals surface area contributed by atoms with Crippen LogP contribution in [-0.2, 0) is 0 Å². The van der Waals surface area contributed by atoms with Crippen LogP contribution in [0, 0.1) is 0 Å². The first-order valence-electron chi connectivity index (χ1n) is 7.86. The van der Waals surface area contributed by atoms with E-state index in [1.807, 2.05) is 13.8 Å². The summed E-state index contributed by atoms with van der Waals surface area (Å²) in [4.78, 5) is 15.2. The van der Waals surface area contributed by atoms with Gasteiger partial charge >= 0.3 is 5.97 Å². The molecule has 0 heterocycles. The second-order valence-corrected chi connectivity index (χ2v) is 5.89. The lowest BCUT2D eigenvalue weighted by Crippen LogP contribution is -2.11. The fourth-order valence-electron chi connectivity index (χ4n) is 2.05. The molecule has 5 nitrogen and oxygen atoms in total. The number of nitrogens with zero attached hydrogens (tertiary/aromatic N) is 1. The maximum Gasteiger partial charge on any atom is 0.335 e. The molecule has 1 atom stereocenters. The van der Waals surface area contributed by atoms with Crippen LogP contribution in [0.3, 0.4) is 0 Å². The topological polar surface area (TPSA) is 68.1 Å². The predicted octanol–water partition coefficient (Wildman–Crippen LogP) is 4.97. The van der Waals surface area contributed by atoms with Gasteiger partial charge in [0.15, 0.2) is 11.5 Å². The molecule has 0 bridgehead atoms. The maximum atomic E-state index is 10.9. The number of hydrogen-bond acceptors (Lipinski definition) is 4. The van der Waals surface area contributed by atoms with Gasteiger partial charge in [0.2, 0.25) is 0 Å². The number of benzene rings is 2. The zero-order valence-corrected chi connectivity index (χ0v) is 15.1. The third kappa shape index (κ3) is 4.97. The quantitative estimate of drug-likeness (QED) is 0.706. The van der Waals surface area contributed by atoms with E-state index in [9.17, 15) is 4.79 Å². The second-order valence-electron chi connectivity index (χ2n) is 5.48. The molecule has 0 spiro atoms. The van der Waals surface area contributed by atoms with Gasteiger partial charge in [-0.1, -0.05) is 18.5 Å². The molecule has 6 heteroatoms. The van der Waals surface area contributed by atoms with Gasteiger partial charge in [-0.3, -0.25) is 4.99 Å². The van der Waals surface area contributed by atoms with E-state index in [1.54, 1.807) is 37.6 Å². The highest BCUT2D eigenvalue weighted by Crippen LogP contribution is 2.37. The number of halogens is 1. The lowest BCUT2D eigenvalue weighted by molar-refractivity contribution is 0.0697. The standard InChI is InChI=1S/C19H20ClNO4/c1-4-12(2)25-18-16(20)9-13(10-17(18)24-3)11-21-15-7-5-14(6-8-15)19(22)23/h5-12H,4H2,1-3H3,(H,22,23)/t12-/m1/s1. The Labute approximate surface area is 151 Å². The lowest BCUT2D eigenvalue weighted by atomic mass is 10.2. The van der Waals surface area contributed by atoms with Crippen molar-refractivity contribution in [2.45, 2.75) is 26.4 Å². The molecule has 0 aliphatic carbocycles. The number of ether oxygens (including phenoxy) is 2. The number of aliphatic imine (C=N–C) groups is 1. The normalized spacial score (nSPS) is 12.2. The molecule has 2 aromatic carbocycles. The summed E-state index contributed by atoms with van der Waals surface area (Å²) in [5, 5.41) is 9.35. The summed E-state index contributed by atoms with van der Waals surface area (Å²) >= 11 is 6.32. The van der Waals surface area contributed by atoms with Gasteiger partial charge in [0, 0.05) is 6.21 Å². The molecule has 0 aliphatic rings. The number of aromatic carboxylic acids is 1. The van der Waals surface area contributed by atoms with E-state index in [0.717, 1.165) is 12.0 Å². The summed E-state index contributed by atoms with van der Waals surface area (Å²) in [5.74, 6) is 0.0842. The molecular formula is C19H20ClNO4. The van der Waals surface area contributed by atoms with E-state index < -0.39 is 5.97 Å². The van der Waals surface area contributed by atoms with E-state index in [0.29, 0.717) is 22.2 Å². The molecule has 0 aromatic heterocycles. The second kappa shape index (κ2) is 8.53. The molecule has 0 amide bonds. The first-order valence-corrected chi connectivity index (χ1v) is 8.24. The van der Waals surface area contributed by atoms with Crippen LogP contribution in [0.5, 0.6) is 11.5 Å². The zero-order chi connectivity index (χ0) is 18.4. The average Bonchev–Trinajstić information content (AvgIpc) is 2.61. The van der Waals surface area contributed by atoms with Crippen molar-refractivity contribution in [2.24, 2.45) is 4.99 Å². The smallest absolute Gasteiger partial charge is 0.335 e. The first kappa shape index (κ1) is 18.8. The summed E-state index contributed by atoms with van der Waals surface area (Å²) in [6, 6.07) is 9.82. The Balaban J connectivity index is 2.24. The van der Waals surface area contributed by atoms with E-state index in [-0.39, 0.29) is 11.7 Å². The van der Waals surface area contributed by atoms with Crippen molar-refractivity contribution in [2.75, 3.05) is 7.11 Å². The molecule has 1 N–H and O–H groups in total. The molecule has 0 unspecified atom stereocenters.